The van der Waals surface area contributed by atoms with Crippen molar-refractivity contribution in [1.82, 2.24) is 15.3 Å². The average Bonchev–Trinajstić information content (AvgIpc) is 2.79. The molecule has 0 saturated carbocycles. The first-order valence-electron chi connectivity index (χ1n) is 5.90. The van der Waals surface area contributed by atoms with E-state index >= 15 is 0 Å². The van der Waals surface area contributed by atoms with Crippen molar-refractivity contribution in [2.24, 2.45) is 0 Å². The quantitative estimate of drug-likeness (QED) is 0.900. The summed E-state index contributed by atoms with van der Waals surface area (Å²) in [6.07, 6.45) is 4.76. The lowest BCUT2D eigenvalue weighted by atomic mass is 10.2. The number of carbonyl (C=O) groups is 1. The van der Waals surface area contributed by atoms with Crippen molar-refractivity contribution in [2.45, 2.75) is 26.8 Å². The zero-order valence-electron chi connectivity index (χ0n) is 11.0. The third kappa shape index (κ3) is 2.90. The number of H-pyrrole nitrogens is 1. The number of thiazole rings is 1. The highest BCUT2D eigenvalue weighted by Gasteiger charge is 2.16. The summed E-state index contributed by atoms with van der Waals surface area (Å²) in [6, 6.07) is -0.217. The van der Waals surface area contributed by atoms with Crippen molar-refractivity contribution in [2.75, 3.05) is 0 Å². The van der Waals surface area contributed by atoms with Crippen LogP contribution in [0.5, 0.6) is 0 Å². The number of aromatic amines is 1. The Hall–Kier alpha value is -1.95. The summed E-state index contributed by atoms with van der Waals surface area (Å²) >= 11 is 1.53. The molecule has 5 nitrogen and oxygen atoms in total. The van der Waals surface area contributed by atoms with Gasteiger partial charge in [0.2, 0.25) is 0 Å². The third-order valence-corrected chi connectivity index (χ3v) is 3.83. The van der Waals surface area contributed by atoms with E-state index in [4.69, 9.17) is 0 Å². The van der Waals surface area contributed by atoms with Crippen LogP contribution in [0, 0.1) is 13.8 Å². The number of pyridine rings is 1. The predicted octanol–water partition coefficient (Wildman–Crippen LogP) is 1.94. The number of hydrogen-bond donors (Lipinski definition) is 2. The number of nitrogens with zero attached hydrogens (tertiary/aromatic N) is 1. The smallest absolute Gasteiger partial charge is 0.257 e. The standard InChI is InChI=1S/C13H15N3O2S/c1-7-4-14-6-10(11(7)17)12(18)16-9(3)13-15-5-8(2)19-13/h4-6,9H,1-3H3,(H,14,17)(H,16,18). The van der Waals surface area contributed by atoms with Crippen LogP contribution in [0.25, 0.3) is 0 Å². The van der Waals surface area contributed by atoms with Gasteiger partial charge in [-0.25, -0.2) is 4.98 Å². The first-order chi connectivity index (χ1) is 8.99. The number of carbonyl (C=O) groups excluding carboxylic acids is 1. The zero-order chi connectivity index (χ0) is 14.0. The predicted molar refractivity (Wildman–Crippen MR) is 74.5 cm³/mol. The van der Waals surface area contributed by atoms with Crippen LogP contribution < -0.4 is 10.7 Å². The lowest BCUT2D eigenvalue weighted by Crippen LogP contribution is -2.31. The van der Waals surface area contributed by atoms with Crippen molar-refractivity contribution in [3.05, 3.63) is 49.8 Å². The van der Waals surface area contributed by atoms with Crippen LogP contribution in [0.15, 0.2) is 23.4 Å². The van der Waals surface area contributed by atoms with Gasteiger partial charge in [-0.3, -0.25) is 9.59 Å². The first-order valence-corrected chi connectivity index (χ1v) is 6.71. The van der Waals surface area contributed by atoms with Crippen LogP contribution in [0.4, 0.5) is 0 Å². The monoisotopic (exact) mass is 277 g/mol. The minimum absolute atomic E-state index is 0.125. The molecule has 2 N–H and O–H groups in total. The molecule has 0 aliphatic rings. The molecule has 2 heterocycles. The summed E-state index contributed by atoms with van der Waals surface area (Å²) in [6.45, 7) is 5.48. The highest BCUT2D eigenvalue weighted by Crippen LogP contribution is 2.19. The Kier molecular flexibility index (Phi) is 3.80. The van der Waals surface area contributed by atoms with Crippen molar-refractivity contribution in [1.29, 1.82) is 0 Å². The first kappa shape index (κ1) is 13.5. The number of hydrogen-bond acceptors (Lipinski definition) is 4. The van der Waals surface area contributed by atoms with E-state index in [2.05, 4.69) is 15.3 Å². The van der Waals surface area contributed by atoms with Gasteiger partial charge in [-0.2, -0.15) is 0 Å². The van der Waals surface area contributed by atoms with E-state index in [1.807, 2.05) is 13.8 Å². The van der Waals surface area contributed by atoms with Crippen LogP contribution in [0.3, 0.4) is 0 Å². The van der Waals surface area contributed by atoms with Gasteiger partial charge in [0.25, 0.3) is 5.91 Å². The van der Waals surface area contributed by atoms with Crippen LogP contribution in [-0.2, 0) is 0 Å². The second kappa shape index (κ2) is 5.36. The maximum absolute atomic E-state index is 12.1. The molecule has 0 saturated heterocycles. The Morgan fingerprint density at radius 3 is 2.79 bits per heavy atom. The van der Waals surface area contributed by atoms with E-state index in [0.29, 0.717) is 5.56 Å². The number of nitrogens with one attached hydrogen (secondary N) is 2. The summed E-state index contributed by atoms with van der Waals surface area (Å²) in [4.78, 5) is 32.0. The number of aromatic nitrogens is 2. The van der Waals surface area contributed by atoms with Crippen molar-refractivity contribution in [3.63, 3.8) is 0 Å². The molecule has 19 heavy (non-hydrogen) atoms. The molecule has 0 spiro atoms. The fourth-order valence-corrected chi connectivity index (χ4v) is 2.45. The summed E-state index contributed by atoms with van der Waals surface area (Å²) < 4.78 is 0. The molecule has 0 radical (unpaired) electrons. The largest absolute Gasteiger partial charge is 0.366 e. The van der Waals surface area contributed by atoms with E-state index in [9.17, 15) is 9.59 Å². The lowest BCUT2D eigenvalue weighted by molar-refractivity contribution is 0.0938. The van der Waals surface area contributed by atoms with Gasteiger partial charge in [-0.1, -0.05) is 0 Å². The van der Waals surface area contributed by atoms with Gasteiger partial charge < -0.3 is 10.3 Å². The average molecular weight is 277 g/mol. The van der Waals surface area contributed by atoms with E-state index in [0.717, 1.165) is 9.88 Å². The van der Waals surface area contributed by atoms with Crippen molar-refractivity contribution in [3.8, 4) is 0 Å². The molecule has 2 aromatic rings. The molecule has 1 atom stereocenters. The molecule has 6 heteroatoms. The van der Waals surface area contributed by atoms with Crippen molar-refractivity contribution >= 4 is 17.2 Å². The van der Waals surface area contributed by atoms with E-state index in [-0.39, 0.29) is 22.9 Å². The lowest BCUT2D eigenvalue weighted by Gasteiger charge is -2.11. The molecule has 1 amide bonds. The van der Waals surface area contributed by atoms with Gasteiger partial charge in [-0.05, 0) is 20.8 Å². The minimum Gasteiger partial charge on any atom is -0.366 e. The van der Waals surface area contributed by atoms with E-state index < -0.39 is 0 Å². The van der Waals surface area contributed by atoms with Crippen LogP contribution in [0.1, 0.15) is 38.8 Å². The number of amides is 1. The van der Waals surface area contributed by atoms with Gasteiger partial charge in [0.1, 0.15) is 10.6 Å². The van der Waals surface area contributed by atoms with Crippen molar-refractivity contribution < 1.29 is 4.79 Å². The normalized spacial score (nSPS) is 12.2. The number of rotatable bonds is 3. The second-order valence-electron chi connectivity index (χ2n) is 4.39. The summed E-state index contributed by atoms with van der Waals surface area (Å²) in [5, 5.41) is 3.61. The van der Waals surface area contributed by atoms with Gasteiger partial charge in [0.15, 0.2) is 5.43 Å². The van der Waals surface area contributed by atoms with Crippen LogP contribution in [0.2, 0.25) is 0 Å². The van der Waals surface area contributed by atoms with Gasteiger partial charge >= 0.3 is 0 Å². The molecule has 2 rings (SSSR count). The van der Waals surface area contributed by atoms with Crippen LogP contribution >= 0.6 is 11.3 Å². The Morgan fingerprint density at radius 1 is 1.42 bits per heavy atom. The SMILES string of the molecule is Cc1cnc(C(C)NC(=O)c2c[nH]cc(C)c2=O)s1. The highest BCUT2D eigenvalue weighted by atomic mass is 32.1. The Labute approximate surface area is 114 Å². The Bertz CT molecular complexity index is 660. The second-order valence-corrected chi connectivity index (χ2v) is 5.65. The third-order valence-electron chi connectivity index (χ3n) is 2.73. The molecule has 0 aromatic carbocycles. The Balaban J connectivity index is 2.17. The molecule has 0 aliphatic carbocycles. The van der Waals surface area contributed by atoms with Gasteiger partial charge in [-0.15, -0.1) is 11.3 Å². The summed E-state index contributed by atoms with van der Waals surface area (Å²) in [5.74, 6) is -0.384. The molecule has 1 unspecified atom stereocenters. The molecular formula is C13H15N3O2S. The fraction of sp³-hybridized carbons (Fsp3) is 0.308. The maximum atomic E-state index is 12.1. The molecule has 0 aliphatic heterocycles. The molecular weight excluding hydrogens is 262 g/mol. The maximum Gasteiger partial charge on any atom is 0.257 e. The molecule has 0 fully saturated rings. The topological polar surface area (TPSA) is 74.8 Å². The van der Waals surface area contributed by atoms with Gasteiger partial charge in [0.05, 0.1) is 6.04 Å². The van der Waals surface area contributed by atoms with E-state index in [1.54, 1.807) is 19.3 Å². The molecule has 100 valence electrons. The van der Waals surface area contributed by atoms with Crippen LogP contribution in [-0.4, -0.2) is 15.9 Å². The Morgan fingerprint density at radius 2 is 2.16 bits per heavy atom. The van der Waals surface area contributed by atoms with Gasteiger partial charge in [0, 0.05) is 29.0 Å². The molecule has 2 aromatic heterocycles. The zero-order valence-corrected chi connectivity index (χ0v) is 11.8. The fourth-order valence-electron chi connectivity index (χ4n) is 1.67. The molecule has 0 bridgehead atoms. The number of aryl methyl sites for hydroxylation is 2. The highest BCUT2D eigenvalue weighted by molar-refractivity contribution is 7.11. The summed E-state index contributed by atoms with van der Waals surface area (Å²) in [5.41, 5.74) is 0.393. The summed E-state index contributed by atoms with van der Waals surface area (Å²) in [7, 11) is 0. The minimum atomic E-state index is -0.384. The van der Waals surface area contributed by atoms with E-state index in [1.165, 1.54) is 17.5 Å².